The summed E-state index contributed by atoms with van der Waals surface area (Å²) in [5, 5.41) is 9.65. The highest BCUT2D eigenvalue weighted by Crippen LogP contribution is 2.24. The van der Waals surface area contributed by atoms with Crippen LogP contribution in [0.25, 0.3) is 11.4 Å². The van der Waals surface area contributed by atoms with Crippen molar-refractivity contribution < 1.29 is 4.74 Å². The minimum Gasteiger partial charge on any atom is -0.371 e. The molecule has 1 aliphatic rings. The van der Waals surface area contributed by atoms with E-state index in [0.29, 0.717) is 0 Å². The molecule has 152 valence electrons. The maximum Gasteiger partial charge on any atom is 0.191 e. The number of benzene rings is 1. The van der Waals surface area contributed by atoms with E-state index in [1.54, 1.807) is 24.2 Å². The van der Waals surface area contributed by atoms with Gasteiger partial charge in [0.15, 0.2) is 11.0 Å². The van der Waals surface area contributed by atoms with Crippen molar-refractivity contribution in [2.75, 3.05) is 32.0 Å². The summed E-state index contributed by atoms with van der Waals surface area (Å²) in [4.78, 5) is 6.57. The Bertz CT molecular complexity index is 913. The molecular formula is C22H27N5OS. The van der Waals surface area contributed by atoms with Gasteiger partial charge >= 0.3 is 0 Å². The van der Waals surface area contributed by atoms with Crippen molar-refractivity contribution in [2.24, 2.45) is 7.05 Å². The van der Waals surface area contributed by atoms with E-state index in [-0.39, 0.29) is 6.10 Å². The third-order valence-electron chi connectivity index (χ3n) is 5.22. The molecular weight excluding hydrogens is 382 g/mol. The Morgan fingerprint density at radius 2 is 1.90 bits per heavy atom. The van der Waals surface area contributed by atoms with Crippen molar-refractivity contribution in [3.8, 4) is 11.4 Å². The second-order valence-electron chi connectivity index (χ2n) is 7.37. The van der Waals surface area contributed by atoms with Gasteiger partial charge in [0.25, 0.3) is 0 Å². The fourth-order valence-electron chi connectivity index (χ4n) is 3.53. The molecule has 0 saturated carbocycles. The third kappa shape index (κ3) is 5.04. The maximum absolute atomic E-state index is 6.00. The zero-order valence-electron chi connectivity index (χ0n) is 17.0. The van der Waals surface area contributed by atoms with Gasteiger partial charge in [0, 0.05) is 43.8 Å². The number of ether oxygens (including phenoxy) is 1. The van der Waals surface area contributed by atoms with Gasteiger partial charge in [0.1, 0.15) is 0 Å². The lowest BCUT2D eigenvalue weighted by atomic mass is 10.1. The van der Waals surface area contributed by atoms with Crippen LogP contribution in [0.2, 0.25) is 0 Å². The molecule has 4 rings (SSSR count). The quantitative estimate of drug-likeness (QED) is 0.438. The van der Waals surface area contributed by atoms with Crippen molar-refractivity contribution in [1.29, 1.82) is 0 Å². The second kappa shape index (κ2) is 9.52. The average molecular weight is 410 g/mol. The van der Waals surface area contributed by atoms with Crippen molar-refractivity contribution >= 4 is 11.8 Å². The predicted octanol–water partition coefficient (Wildman–Crippen LogP) is 3.74. The Balaban J connectivity index is 1.25. The summed E-state index contributed by atoms with van der Waals surface area (Å²) in [6.07, 6.45) is 4.85. The number of thioether (sulfide) groups is 1. The van der Waals surface area contributed by atoms with Crippen LogP contribution in [0.3, 0.4) is 0 Å². The molecule has 0 N–H and O–H groups in total. The Kier molecular flexibility index (Phi) is 6.59. The average Bonchev–Trinajstić information content (AvgIpc) is 3.13. The number of nitrogens with zero attached hydrogens (tertiary/aromatic N) is 5. The van der Waals surface area contributed by atoms with E-state index < -0.39 is 0 Å². The molecule has 6 nitrogen and oxygen atoms in total. The summed E-state index contributed by atoms with van der Waals surface area (Å²) in [5.74, 6) is 1.90. The van der Waals surface area contributed by atoms with Gasteiger partial charge in [-0.05, 0) is 37.6 Å². The number of aromatic nitrogens is 4. The van der Waals surface area contributed by atoms with Gasteiger partial charge in [-0.1, -0.05) is 41.6 Å². The standard InChI is InChI=1S/C22H27N5OS/c1-17-4-6-18(7-5-17)20-16-27(13-14-28-20)12-3-15-29-22-25-24-21(26(22)2)19-8-10-23-11-9-19/h4-11,20H,3,12-16H2,1-2H3. The van der Waals surface area contributed by atoms with E-state index >= 15 is 0 Å². The Morgan fingerprint density at radius 3 is 2.69 bits per heavy atom. The zero-order valence-corrected chi connectivity index (χ0v) is 17.8. The van der Waals surface area contributed by atoms with Crippen LogP contribution in [0.5, 0.6) is 0 Å². The number of aryl methyl sites for hydroxylation is 1. The van der Waals surface area contributed by atoms with Crippen LogP contribution in [-0.4, -0.2) is 56.6 Å². The molecule has 0 bridgehead atoms. The smallest absolute Gasteiger partial charge is 0.191 e. The summed E-state index contributed by atoms with van der Waals surface area (Å²) in [5.41, 5.74) is 3.60. The van der Waals surface area contributed by atoms with E-state index in [9.17, 15) is 0 Å². The van der Waals surface area contributed by atoms with Gasteiger partial charge in [-0.3, -0.25) is 9.88 Å². The number of hydrogen-bond acceptors (Lipinski definition) is 6. The number of pyridine rings is 1. The lowest BCUT2D eigenvalue weighted by Gasteiger charge is -2.33. The zero-order chi connectivity index (χ0) is 20.1. The number of rotatable bonds is 7. The third-order valence-corrected chi connectivity index (χ3v) is 6.33. The highest BCUT2D eigenvalue weighted by atomic mass is 32.2. The normalized spacial score (nSPS) is 17.5. The predicted molar refractivity (Wildman–Crippen MR) is 116 cm³/mol. The van der Waals surface area contributed by atoms with E-state index in [1.165, 1.54) is 11.1 Å². The molecule has 0 aliphatic carbocycles. The molecule has 1 aromatic carbocycles. The molecule has 1 fully saturated rings. The van der Waals surface area contributed by atoms with Crippen LogP contribution in [0.15, 0.2) is 53.9 Å². The molecule has 1 saturated heterocycles. The van der Waals surface area contributed by atoms with Gasteiger partial charge < -0.3 is 9.30 Å². The summed E-state index contributed by atoms with van der Waals surface area (Å²) in [6, 6.07) is 12.6. The first-order valence-corrected chi connectivity index (χ1v) is 11.0. The molecule has 1 atom stereocenters. The fourth-order valence-corrected chi connectivity index (χ4v) is 4.37. The molecule has 7 heteroatoms. The summed E-state index contributed by atoms with van der Waals surface area (Å²) < 4.78 is 8.06. The van der Waals surface area contributed by atoms with Crippen molar-refractivity contribution in [1.82, 2.24) is 24.6 Å². The van der Waals surface area contributed by atoms with Crippen molar-refractivity contribution in [3.63, 3.8) is 0 Å². The van der Waals surface area contributed by atoms with Crippen LogP contribution in [0.4, 0.5) is 0 Å². The number of morpholine rings is 1. The highest BCUT2D eigenvalue weighted by molar-refractivity contribution is 7.99. The maximum atomic E-state index is 6.00. The summed E-state index contributed by atoms with van der Waals surface area (Å²) in [7, 11) is 2.02. The summed E-state index contributed by atoms with van der Waals surface area (Å²) >= 11 is 1.77. The number of hydrogen-bond donors (Lipinski definition) is 0. The van der Waals surface area contributed by atoms with Crippen LogP contribution in [0.1, 0.15) is 23.7 Å². The fraction of sp³-hybridized carbons (Fsp3) is 0.409. The largest absolute Gasteiger partial charge is 0.371 e. The van der Waals surface area contributed by atoms with E-state index in [2.05, 4.69) is 55.8 Å². The van der Waals surface area contributed by atoms with Gasteiger partial charge in [-0.15, -0.1) is 10.2 Å². The van der Waals surface area contributed by atoms with Gasteiger partial charge in [0.2, 0.25) is 0 Å². The van der Waals surface area contributed by atoms with Crippen LogP contribution < -0.4 is 0 Å². The summed E-state index contributed by atoms with van der Waals surface area (Å²) in [6.45, 7) is 5.96. The van der Waals surface area contributed by atoms with Crippen molar-refractivity contribution in [3.05, 3.63) is 59.9 Å². The van der Waals surface area contributed by atoms with E-state index in [1.807, 2.05) is 19.2 Å². The van der Waals surface area contributed by atoms with Crippen molar-refractivity contribution in [2.45, 2.75) is 24.6 Å². The molecule has 29 heavy (non-hydrogen) atoms. The highest BCUT2D eigenvalue weighted by Gasteiger charge is 2.21. The van der Waals surface area contributed by atoms with E-state index in [4.69, 9.17) is 4.74 Å². The Hall–Kier alpha value is -2.22. The Morgan fingerprint density at radius 1 is 1.10 bits per heavy atom. The van der Waals surface area contributed by atoms with Gasteiger partial charge in [-0.25, -0.2) is 0 Å². The second-order valence-corrected chi connectivity index (χ2v) is 8.44. The molecule has 0 amide bonds. The van der Waals surface area contributed by atoms with Crippen LogP contribution >= 0.6 is 11.8 Å². The molecule has 3 heterocycles. The first-order valence-electron chi connectivity index (χ1n) is 10.0. The lowest BCUT2D eigenvalue weighted by Crippen LogP contribution is -2.39. The topological polar surface area (TPSA) is 56.1 Å². The molecule has 1 aliphatic heterocycles. The lowest BCUT2D eigenvalue weighted by molar-refractivity contribution is -0.0297. The Labute approximate surface area is 176 Å². The molecule has 3 aromatic rings. The first-order chi connectivity index (χ1) is 14.2. The van der Waals surface area contributed by atoms with Crippen LogP contribution in [-0.2, 0) is 11.8 Å². The first kappa shape index (κ1) is 20.1. The minimum absolute atomic E-state index is 0.179. The molecule has 1 unspecified atom stereocenters. The minimum atomic E-state index is 0.179. The van der Waals surface area contributed by atoms with Gasteiger partial charge in [0.05, 0.1) is 12.7 Å². The molecule has 2 aromatic heterocycles. The SMILES string of the molecule is Cc1ccc(C2CN(CCCSc3nnc(-c4ccncc4)n3C)CCO2)cc1. The van der Waals surface area contributed by atoms with Gasteiger partial charge in [-0.2, -0.15) is 0 Å². The van der Waals surface area contributed by atoms with E-state index in [0.717, 1.165) is 55.0 Å². The monoisotopic (exact) mass is 409 g/mol. The van der Waals surface area contributed by atoms with Crippen LogP contribution in [0, 0.1) is 6.92 Å². The molecule has 0 radical (unpaired) electrons. The molecule has 0 spiro atoms.